The first-order valence-corrected chi connectivity index (χ1v) is 9.12. The number of nitrogens with zero attached hydrogens (tertiary/aromatic N) is 1. The maximum absolute atomic E-state index is 12.6. The van der Waals surface area contributed by atoms with E-state index in [2.05, 4.69) is 10.3 Å². The lowest BCUT2D eigenvalue weighted by molar-refractivity contribution is 0.0924. The summed E-state index contributed by atoms with van der Waals surface area (Å²) in [5, 5.41) is 4.51. The molecule has 0 atom stereocenters. The van der Waals surface area contributed by atoms with Gasteiger partial charge in [0.05, 0.1) is 10.6 Å². The molecular weight excluding hydrogens is 328 g/mol. The highest BCUT2D eigenvalue weighted by molar-refractivity contribution is 7.99. The van der Waals surface area contributed by atoms with Gasteiger partial charge in [-0.05, 0) is 37.1 Å². The molecule has 1 aliphatic carbocycles. The van der Waals surface area contributed by atoms with Crippen LogP contribution in [0, 0.1) is 0 Å². The first-order valence-electron chi connectivity index (χ1n) is 7.92. The van der Waals surface area contributed by atoms with Crippen molar-refractivity contribution in [2.75, 3.05) is 0 Å². The Labute approximate surface area is 145 Å². The number of halogens is 1. The maximum atomic E-state index is 12.6. The van der Waals surface area contributed by atoms with Crippen molar-refractivity contribution >= 4 is 29.3 Å². The molecular formula is C18H19ClN2OS. The van der Waals surface area contributed by atoms with E-state index in [-0.39, 0.29) is 11.9 Å². The molecule has 1 saturated carbocycles. The van der Waals surface area contributed by atoms with E-state index >= 15 is 0 Å². The number of benzene rings is 1. The smallest absolute Gasteiger partial charge is 0.254 e. The van der Waals surface area contributed by atoms with Crippen LogP contribution in [0.3, 0.4) is 0 Å². The summed E-state index contributed by atoms with van der Waals surface area (Å²) in [5.74, 6) is -0.0421. The first-order chi connectivity index (χ1) is 11.2. The fraction of sp³-hybridized carbons (Fsp3) is 0.333. The second-order valence-corrected chi connectivity index (χ2v) is 7.13. The monoisotopic (exact) mass is 346 g/mol. The molecule has 3 nitrogen and oxygen atoms in total. The summed E-state index contributed by atoms with van der Waals surface area (Å²) in [4.78, 5) is 17.9. The molecule has 0 radical (unpaired) electrons. The Morgan fingerprint density at radius 3 is 2.70 bits per heavy atom. The summed E-state index contributed by atoms with van der Waals surface area (Å²) in [5.41, 5.74) is 0.614. The molecule has 0 unspecified atom stereocenters. The lowest BCUT2D eigenvalue weighted by atomic mass is 9.95. The lowest BCUT2D eigenvalue weighted by Gasteiger charge is -2.23. The average molecular weight is 347 g/mol. The van der Waals surface area contributed by atoms with Gasteiger partial charge in [-0.25, -0.2) is 4.98 Å². The number of rotatable bonds is 4. The molecule has 1 aliphatic rings. The highest BCUT2D eigenvalue weighted by Gasteiger charge is 2.19. The van der Waals surface area contributed by atoms with Crippen molar-refractivity contribution in [3.63, 3.8) is 0 Å². The van der Waals surface area contributed by atoms with Gasteiger partial charge in [0.25, 0.3) is 5.91 Å². The third kappa shape index (κ3) is 4.27. The van der Waals surface area contributed by atoms with Crippen LogP contribution in [0.15, 0.2) is 52.5 Å². The van der Waals surface area contributed by atoms with Gasteiger partial charge in [0.15, 0.2) is 0 Å². The summed E-state index contributed by atoms with van der Waals surface area (Å²) in [6.45, 7) is 0. The van der Waals surface area contributed by atoms with E-state index in [9.17, 15) is 4.79 Å². The van der Waals surface area contributed by atoms with E-state index in [0.29, 0.717) is 15.6 Å². The van der Waals surface area contributed by atoms with Crippen molar-refractivity contribution in [3.8, 4) is 0 Å². The van der Waals surface area contributed by atoms with Crippen molar-refractivity contribution in [2.45, 2.75) is 48.1 Å². The van der Waals surface area contributed by atoms with E-state index < -0.39 is 0 Å². The van der Waals surface area contributed by atoms with Crippen LogP contribution in [0.2, 0.25) is 5.02 Å². The molecule has 0 spiro atoms. The quantitative estimate of drug-likeness (QED) is 0.851. The summed E-state index contributed by atoms with van der Waals surface area (Å²) in [7, 11) is 0. The van der Waals surface area contributed by atoms with Crippen molar-refractivity contribution < 1.29 is 4.79 Å². The fourth-order valence-corrected chi connectivity index (χ4v) is 3.94. The molecule has 3 rings (SSSR count). The summed E-state index contributed by atoms with van der Waals surface area (Å²) in [6.07, 6.45) is 7.50. The van der Waals surface area contributed by atoms with Crippen LogP contribution < -0.4 is 5.32 Å². The molecule has 2 aromatic rings. The number of hydrogen-bond acceptors (Lipinski definition) is 3. The Morgan fingerprint density at radius 1 is 1.13 bits per heavy atom. The van der Waals surface area contributed by atoms with E-state index in [1.165, 1.54) is 31.0 Å². The van der Waals surface area contributed by atoms with E-state index in [4.69, 9.17) is 11.6 Å². The van der Waals surface area contributed by atoms with Crippen LogP contribution in [-0.4, -0.2) is 16.9 Å². The molecule has 0 bridgehead atoms. The van der Waals surface area contributed by atoms with Gasteiger partial charge in [0, 0.05) is 17.1 Å². The van der Waals surface area contributed by atoms with Gasteiger partial charge in [-0.1, -0.05) is 54.8 Å². The first kappa shape index (κ1) is 16.3. The molecule has 1 fully saturated rings. The Kier molecular flexibility index (Phi) is 5.57. The highest BCUT2D eigenvalue weighted by atomic mass is 35.5. The van der Waals surface area contributed by atoms with Crippen LogP contribution >= 0.6 is 23.4 Å². The van der Waals surface area contributed by atoms with Crippen LogP contribution in [0.25, 0.3) is 0 Å². The number of hydrogen-bond donors (Lipinski definition) is 1. The predicted molar refractivity (Wildman–Crippen MR) is 94.2 cm³/mol. The van der Waals surface area contributed by atoms with Crippen LogP contribution in [0.4, 0.5) is 0 Å². The number of nitrogens with one attached hydrogen (secondary N) is 1. The second-order valence-electron chi connectivity index (χ2n) is 5.70. The van der Waals surface area contributed by atoms with E-state index in [1.807, 2.05) is 30.3 Å². The van der Waals surface area contributed by atoms with Crippen LogP contribution in [-0.2, 0) is 0 Å². The second kappa shape index (κ2) is 7.84. The number of amides is 1. The molecule has 1 aromatic heterocycles. The molecule has 1 N–H and O–H groups in total. The Hall–Kier alpha value is -1.52. The molecule has 23 heavy (non-hydrogen) atoms. The third-order valence-corrected chi connectivity index (χ3v) is 5.54. The lowest BCUT2D eigenvalue weighted by Crippen LogP contribution is -2.36. The standard InChI is InChI=1S/C18H19ClN2OS/c19-15-10-4-5-11-16(15)23-18-14(9-6-12-20-18)17(22)21-13-7-2-1-3-8-13/h4-6,9-13H,1-3,7-8H2,(H,21,22). The molecule has 1 heterocycles. The van der Waals surface area contributed by atoms with E-state index in [0.717, 1.165) is 17.7 Å². The number of pyridine rings is 1. The number of carbonyl (C=O) groups excluding carboxylic acids is 1. The Balaban J connectivity index is 1.77. The van der Waals surface area contributed by atoms with Gasteiger partial charge < -0.3 is 5.32 Å². The topological polar surface area (TPSA) is 42.0 Å². The maximum Gasteiger partial charge on any atom is 0.254 e. The largest absolute Gasteiger partial charge is 0.349 e. The molecule has 120 valence electrons. The SMILES string of the molecule is O=C(NC1CCCCC1)c1cccnc1Sc1ccccc1Cl. The number of aromatic nitrogens is 1. The minimum atomic E-state index is -0.0421. The minimum Gasteiger partial charge on any atom is -0.349 e. The molecule has 5 heteroatoms. The van der Waals surface area contributed by atoms with Gasteiger partial charge in [0.2, 0.25) is 0 Å². The molecule has 1 aromatic carbocycles. The Morgan fingerprint density at radius 2 is 1.91 bits per heavy atom. The van der Waals surface area contributed by atoms with Gasteiger partial charge >= 0.3 is 0 Å². The zero-order valence-corrected chi connectivity index (χ0v) is 14.4. The number of carbonyl (C=O) groups is 1. The fourth-order valence-electron chi connectivity index (χ4n) is 2.79. The van der Waals surface area contributed by atoms with Crippen molar-refractivity contribution in [3.05, 3.63) is 53.2 Å². The molecule has 0 saturated heterocycles. The third-order valence-electron chi connectivity index (χ3n) is 4.00. The zero-order valence-electron chi connectivity index (χ0n) is 12.8. The van der Waals surface area contributed by atoms with Crippen LogP contribution in [0.5, 0.6) is 0 Å². The van der Waals surface area contributed by atoms with Gasteiger partial charge in [-0.3, -0.25) is 4.79 Å². The van der Waals surface area contributed by atoms with Crippen molar-refractivity contribution in [1.82, 2.24) is 10.3 Å². The predicted octanol–water partition coefficient (Wildman–Crippen LogP) is 4.95. The molecule has 0 aliphatic heterocycles. The summed E-state index contributed by atoms with van der Waals surface area (Å²) in [6, 6.07) is 11.5. The van der Waals surface area contributed by atoms with Crippen molar-refractivity contribution in [1.29, 1.82) is 0 Å². The Bertz CT molecular complexity index is 686. The van der Waals surface area contributed by atoms with Gasteiger partial charge in [-0.15, -0.1) is 0 Å². The zero-order chi connectivity index (χ0) is 16.1. The van der Waals surface area contributed by atoms with Crippen molar-refractivity contribution in [2.24, 2.45) is 0 Å². The minimum absolute atomic E-state index is 0.0421. The summed E-state index contributed by atoms with van der Waals surface area (Å²) >= 11 is 7.64. The average Bonchev–Trinajstić information content (AvgIpc) is 2.58. The van der Waals surface area contributed by atoms with Gasteiger partial charge in [-0.2, -0.15) is 0 Å². The van der Waals surface area contributed by atoms with Crippen LogP contribution in [0.1, 0.15) is 42.5 Å². The highest BCUT2D eigenvalue weighted by Crippen LogP contribution is 2.33. The summed E-state index contributed by atoms with van der Waals surface area (Å²) < 4.78 is 0. The molecule has 1 amide bonds. The normalized spacial score (nSPS) is 15.3. The van der Waals surface area contributed by atoms with E-state index in [1.54, 1.807) is 12.3 Å². The van der Waals surface area contributed by atoms with Gasteiger partial charge in [0.1, 0.15) is 5.03 Å².